The van der Waals surface area contributed by atoms with Crippen LogP contribution in [0, 0.1) is 13.8 Å². The highest BCUT2D eigenvalue weighted by Gasteiger charge is 2.13. The Bertz CT molecular complexity index is 1250. The van der Waals surface area contributed by atoms with E-state index in [9.17, 15) is 13.2 Å². The summed E-state index contributed by atoms with van der Waals surface area (Å²) < 4.78 is 26.9. The van der Waals surface area contributed by atoms with Crippen LogP contribution in [-0.4, -0.2) is 24.6 Å². The van der Waals surface area contributed by atoms with E-state index in [0.29, 0.717) is 11.3 Å². The molecule has 0 radical (unpaired) electrons. The molecule has 7 heteroatoms. The van der Waals surface area contributed by atoms with Gasteiger partial charge in [0.05, 0.1) is 27.3 Å². The number of nitrogens with zero attached hydrogens (tertiary/aromatic N) is 2. The van der Waals surface area contributed by atoms with Gasteiger partial charge in [0, 0.05) is 6.54 Å². The van der Waals surface area contributed by atoms with E-state index in [2.05, 4.69) is 30.6 Å². The second-order valence-corrected chi connectivity index (χ2v) is 10.2. The first-order valence-electron chi connectivity index (χ1n) is 9.36. The molecule has 29 heavy (non-hydrogen) atoms. The maximum absolute atomic E-state index is 12.6. The molecule has 0 fully saturated rings. The second kappa shape index (κ2) is 8.47. The largest absolute Gasteiger partial charge is 0.312 e. The van der Waals surface area contributed by atoms with Crippen LogP contribution < -0.4 is 4.80 Å². The summed E-state index contributed by atoms with van der Waals surface area (Å²) in [5, 5.41) is 0. The summed E-state index contributed by atoms with van der Waals surface area (Å²) in [6, 6.07) is 10.7. The number of benzene rings is 2. The van der Waals surface area contributed by atoms with Crippen LogP contribution in [0.3, 0.4) is 0 Å². The van der Waals surface area contributed by atoms with Crippen LogP contribution in [0.5, 0.6) is 0 Å². The molecule has 0 saturated heterocycles. The Labute approximate surface area is 175 Å². The van der Waals surface area contributed by atoms with E-state index in [4.69, 9.17) is 0 Å². The number of thiazole rings is 1. The van der Waals surface area contributed by atoms with Crippen molar-refractivity contribution in [2.75, 3.05) is 5.75 Å². The van der Waals surface area contributed by atoms with Crippen LogP contribution >= 0.6 is 11.3 Å². The van der Waals surface area contributed by atoms with Crippen molar-refractivity contribution in [1.29, 1.82) is 0 Å². The van der Waals surface area contributed by atoms with Gasteiger partial charge < -0.3 is 4.57 Å². The molecule has 1 heterocycles. The zero-order valence-corrected chi connectivity index (χ0v) is 18.4. The molecule has 152 valence electrons. The smallest absolute Gasteiger partial charge is 0.252 e. The number of sulfone groups is 1. The molecule has 0 bridgehead atoms. The molecule has 0 saturated carbocycles. The molecule has 1 aromatic heterocycles. The number of aryl methyl sites for hydroxylation is 2. The Kier molecular flexibility index (Phi) is 6.19. The van der Waals surface area contributed by atoms with Gasteiger partial charge in [0.2, 0.25) is 0 Å². The van der Waals surface area contributed by atoms with Gasteiger partial charge in [0.1, 0.15) is 0 Å². The molecule has 0 aliphatic rings. The molecule has 3 aromatic rings. The highest BCUT2D eigenvalue weighted by atomic mass is 32.2. The molecule has 0 atom stereocenters. The minimum absolute atomic E-state index is 0.0503. The number of rotatable bonds is 6. The van der Waals surface area contributed by atoms with Crippen molar-refractivity contribution in [3.63, 3.8) is 0 Å². The Morgan fingerprint density at radius 1 is 1.21 bits per heavy atom. The normalized spacial score (nSPS) is 12.4. The van der Waals surface area contributed by atoms with Gasteiger partial charge in [-0.25, -0.2) is 8.42 Å². The predicted molar refractivity (Wildman–Crippen MR) is 118 cm³/mol. The highest BCUT2D eigenvalue weighted by Crippen LogP contribution is 2.23. The Balaban J connectivity index is 1.95. The Morgan fingerprint density at radius 3 is 2.52 bits per heavy atom. The second-order valence-electron chi connectivity index (χ2n) is 6.94. The molecule has 0 unspecified atom stereocenters. The van der Waals surface area contributed by atoms with Crippen LogP contribution in [-0.2, 0) is 27.6 Å². The highest BCUT2D eigenvalue weighted by molar-refractivity contribution is 7.91. The lowest BCUT2D eigenvalue weighted by molar-refractivity contribution is -0.117. The van der Waals surface area contributed by atoms with E-state index in [1.807, 2.05) is 11.5 Å². The number of hydrogen-bond donors (Lipinski definition) is 0. The molecule has 5 nitrogen and oxygen atoms in total. The van der Waals surface area contributed by atoms with E-state index in [0.717, 1.165) is 26.9 Å². The summed E-state index contributed by atoms with van der Waals surface area (Å²) in [7, 11) is -3.25. The molecule has 1 amide bonds. The SMILES string of the molecule is C=CCn1c(=NC(=O)Cc2ccc(S(=O)(=O)CC)cc2)sc2c(C)cc(C)cc21. The maximum atomic E-state index is 12.6. The molecule has 0 spiro atoms. The first-order valence-corrected chi connectivity index (χ1v) is 11.8. The van der Waals surface area contributed by atoms with Gasteiger partial charge in [-0.2, -0.15) is 4.99 Å². The minimum Gasteiger partial charge on any atom is -0.312 e. The average Bonchev–Trinajstić information content (AvgIpc) is 3.00. The Hall–Kier alpha value is -2.51. The van der Waals surface area contributed by atoms with Crippen LogP contribution in [0.1, 0.15) is 23.6 Å². The molecular weight excluding hydrogens is 404 g/mol. The average molecular weight is 429 g/mol. The number of hydrogen-bond acceptors (Lipinski definition) is 4. The topological polar surface area (TPSA) is 68.5 Å². The lowest BCUT2D eigenvalue weighted by Crippen LogP contribution is -2.17. The molecule has 2 aromatic carbocycles. The van der Waals surface area contributed by atoms with Gasteiger partial charge in [-0.1, -0.05) is 42.5 Å². The van der Waals surface area contributed by atoms with Crippen molar-refractivity contribution in [2.45, 2.75) is 38.6 Å². The first kappa shape index (κ1) is 21.2. The van der Waals surface area contributed by atoms with Crippen LogP contribution in [0.15, 0.2) is 58.9 Å². The van der Waals surface area contributed by atoms with Crippen LogP contribution in [0.4, 0.5) is 0 Å². The fourth-order valence-electron chi connectivity index (χ4n) is 3.21. The maximum Gasteiger partial charge on any atom is 0.252 e. The van der Waals surface area contributed by atoms with E-state index >= 15 is 0 Å². The summed E-state index contributed by atoms with van der Waals surface area (Å²) in [5.41, 5.74) is 4.10. The predicted octanol–water partition coefficient (Wildman–Crippen LogP) is 3.97. The quantitative estimate of drug-likeness (QED) is 0.558. The Morgan fingerprint density at radius 2 is 1.90 bits per heavy atom. The molecule has 0 aliphatic carbocycles. The standard InChI is InChI=1S/C22H24N2O3S2/c1-5-11-24-19-13-15(3)12-16(4)21(19)28-22(24)23-20(25)14-17-7-9-18(10-8-17)29(26,27)6-2/h5,7-10,12-13H,1,6,11,14H2,2-4H3. The number of aromatic nitrogens is 1. The summed E-state index contributed by atoms with van der Waals surface area (Å²) >= 11 is 1.50. The van der Waals surface area contributed by atoms with Crippen molar-refractivity contribution in [3.05, 3.63) is 70.5 Å². The van der Waals surface area contributed by atoms with Crippen molar-refractivity contribution >= 4 is 37.3 Å². The van der Waals surface area contributed by atoms with E-state index in [1.54, 1.807) is 37.3 Å². The van der Waals surface area contributed by atoms with E-state index in [1.165, 1.54) is 11.3 Å². The molecule has 0 N–H and O–H groups in total. The van der Waals surface area contributed by atoms with Crippen LogP contribution in [0.25, 0.3) is 10.2 Å². The summed E-state index contributed by atoms with van der Waals surface area (Å²) in [4.78, 5) is 17.8. The fourth-order valence-corrected chi connectivity index (χ4v) is 5.20. The molecular formula is C22H24N2O3S2. The third-order valence-electron chi connectivity index (χ3n) is 4.66. The summed E-state index contributed by atoms with van der Waals surface area (Å²) in [6.07, 6.45) is 1.91. The van der Waals surface area contributed by atoms with Crippen molar-refractivity contribution < 1.29 is 13.2 Å². The third-order valence-corrected chi connectivity index (χ3v) is 7.64. The minimum atomic E-state index is -3.25. The summed E-state index contributed by atoms with van der Waals surface area (Å²) in [6.45, 7) is 10.1. The van der Waals surface area contributed by atoms with Crippen LogP contribution in [0.2, 0.25) is 0 Å². The van der Waals surface area contributed by atoms with Gasteiger partial charge in [0.25, 0.3) is 5.91 Å². The number of allylic oxidation sites excluding steroid dienone is 1. The lowest BCUT2D eigenvalue weighted by Gasteiger charge is -2.04. The van der Waals surface area contributed by atoms with Gasteiger partial charge in [0.15, 0.2) is 14.6 Å². The number of carbonyl (C=O) groups is 1. The lowest BCUT2D eigenvalue weighted by atomic mass is 10.1. The van der Waals surface area contributed by atoms with Crippen molar-refractivity contribution in [1.82, 2.24) is 4.57 Å². The molecule has 0 aliphatic heterocycles. The number of carbonyl (C=O) groups excluding carboxylic acids is 1. The van der Waals surface area contributed by atoms with E-state index in [-0.39, 0.29) is 23.0 Å². The van der Waals surface area contributed by atoms with Gasteiger partial charge in [-0.3, -0.25) is 4.79 Å². The summed E-state index contributed by atoms with van der Waals surface area (Å²) in [5.74, 6) is -0.218. The van der Waals surface area contributed by atoms with Crippen molar-refractivity contribution in [3.8, 4) is 0 Å². The first-order chi connectivity index (χ1) is 13.7. The monoisotopic (exact) mass is 428 g/mol. The van der Waals surface area contributed by atoms with Gasteiger partial charge in [-0.15, -0.1) is 6.58 Å². The third kappa shape index (κ3) is 4.57. The fraction of sp³-hybridized carbons (Fsp3) is 0.273. The van der Waals surface area contributed by atoms with Crippen molar-refractivity contribution in [2.24, 2.45) is 4.99 Å². The zero-order chi connectivity index (χ0) is 21.2. The molecule has 3 rings (SSSR count). The van der Waals surface area contributed by atoms with Gasteiger partial charge in [-0.05, 0) is 48.7 Å². The number of amides is 1. The zero-order valence-electron chi connectivity index (χ0n) is 16.8. The number of fused-ring (bicyclic) bond motifs is 1. The van der Waals surface area contributed by atoms with E-state index < -0.39 is 9.84 Å². The van der Waals surface area contributed by atoms with Gasteiger partial charge >= 0.3 is 0 Å².